The predicted octanol–water partition coefficient (Wildman–Crippen LogP) is 3.45. The lowest BCUT2D eigenvalue weighted by Crippen LogP contribution is -2.61. The Hall–Kier alpha value is -3.70. The summed E-state index contributed by atoms with van der Waals surface area (Å²) in [5, 5.41) is 5.45. The molecule has 5 atom stereocenters. The van der Waals surface area contributed by atoms with Crippen molar-refractivity contribution in [3.63, 3.8) is 0 Å². The molecule has 47 heavy (non-hydrogen) atoms. The summed E-state index contributed by atoms with van der Waals surface area (Å²) in [4.78, 5) is 84.6. The third kappa shape index (κ3) is 10.1. The number of nitrogens with zero attached hydrogens (tertiary/aromatic N) is 3. The number of likely N-dealkylation sites (N-methyl/N-ethyl adjacent to an activating group) is 1. The van der Waals surface area contributed by atoms with E-state index in [1.165, 1.54) is 11.8 Å². The number of nitrogens with one attached hydrogen (secondary N) is 2. The van der Waals surface area contributed by atoms with Crippen LogP contribution < -0.4 is 10.6 Å². The first-order valence-corrected chi connectivity index (χ1v) is 17.0. The molecule has 0 bridgehead atoms. The van der Waals surface area contributed by atoms with E-state index in [9.17, 15) is 28.8 Å². The van der Waals surface area contributed by atoms with Crippen LogP contribution in [0.25, 0.3) is 0 Å². The average Bonchev–Trinajstić information content (AvgIpc) is 3.70. The summed E-state index contributed by atoms with van der Waals surface area (Å²) in [6.45, 7) is 16.9. The number of hydrogen-bond acceptors (Lipinski definition) is 7. The van der Waals surface area contributed by atoms with Crippen molar-refractivity contribution in [3.05, 3.63) is 23.8 Å². The first-order chi connectivity index (χ1) is 22.1. The quantitative estimate of drug-likeness (QED) is 0.272. The van der Waals surface area contributed by atoms with Gasteiger partial charge in [-0.05, 0) is 69.8 Å². The summed E-state index contributed by atoms with van der Waals surface area (Å²) >= 11 is 0. The van der Waals surface area contributed by atoms with Crippen LogP contribution in [0.1, 0.15) is 88.0 Å². The minimum Gasteiger partial charge on any atom is -0.445 e. The molecule has 0 aliphatic carbocycles. The van der Waals surface area contributed by atoms with Gasteiger partial charge in [0.25, 0.3) is 0 Å². The molecule has 2 aliphatic heterocycles. The molecule has 12 nitrogen and oxygen atoms in total. The van der Waals surface area contributed by atoms with Gasteiger partial charge < -0.3 is 30.1 Å². The normalized spacial score (nSPS) is 20.5. The topological polar surface area (TPSA) is 145 Å². The van der Waals surface area contributed by atoms with E-state index in [4.69, 9.17) is 4.74 Å². The van der Waals surface area contributed by atoms with Gasteiger partial charge in [-0.2, -0.15) is 0 Å². The van der Waals surface area contributed by atoms with E-state index in [1.54, 1.807) is 44.5 Å². The predicted molar refractivity (Wildman–Crippen MR) is 180 cm³/mol. The maximum atomic E-state index is 14.1. The molecular weight excluding hydrogens is 602 g/mol. The Morgan fingerprint density at radius 1 is 0.830 bits per heavy atom. The molecule has 2 saturated heterocycles. The zero-order valence-electron chi connectivity index (χ0n) is 30.0. The molecule has 0 aromatic carbocycles. The van der Waals surface area contributed by atoms with Gasteiger partial charge in [0, 0.05) is 20.1 Å². The lowest BCUT2D eigenvalue weighted by molar-refractivity contribution is -0.153. The van der Waals surface area contributed by atoms with Gasteiger partial charge in [-0.3, -0.25) is 24.0 Å². The highest BCUT2D eigenvalue weighted by molar-refractivity contribution is 5.96. The van der Waals surface area contributed by atoms with Crippen LogP contribution in [0.3, 0.4) is 0 Å². The minimum absolute atomic E-state index is 0.0421. The molecule has 2 N–H and O–H groups in total. The van der Waals surface area contributed by atoms with Crippen LogP contribution in [0, 0.1) is 17.8 Å². The summed E-state index contributed by atoms with van der Waals surface area (Å²) in [7, 11) is 1.55. The molecule has 5 amide bonds. The monoisotopic (exact) mass is 659 g/mol. The van der Waals surface area contributed by atoms with Crippen molar-refractivity contribution in [3.8, 4) is 0 Å². The van der Waals surface area contributed by atoms with Gasteiger partial charge in [-0.15, -0.1) is 0 Å². The highest BCUT2D eigenvalue weighted by Gasteiger charge is 2.45. The molecule has 264 valence electrons. The van der Waals surface area contributed by atoms with Gasteiger partial charge in [0.2, 0.25) is 23.6 Å². The summed E-state index contributed by atoms with van der Waals surface area (Å²) in [6.07, 6.45) is 7.23. The van der Waals surface area contributed by atoms with Gasteiger partial charge in [0.1, 0.15) is 30.8 Å². The van der Waals surface area contributed by atoms with Crippen molar-refractivity contribution < 1.29 is 33.5 Å². The van der Waals surface area contributed by atoms with E-state index >= 15 is 0 Å². The molecule has 0 aromatic rings. The number of allylic oxidation sites excluding steroid dienone is 2. The highest BCUT2D eigenvalue weighted by Crippen LogP contribution is 2.28. The number of Topliss-reactive ketones (excluding diaryl/α,β-unsaturated/α-hetero) is 1. The summed E-state index contributed by atoms with van der Waals surface area (Å²) < 4.78 is 5.31. The average molecular weight is 660 g/mol. The molecule has 2 fully saturated rings. The Labute approximate surface area is 280 Å². The standard InChI is InChI=1S/C35H57N5O7/c1-11-15-25(12-2)20-47-35(46)37-28(21(3)4)31(42)36-29(22(5)6)33(44)38(10)30(23(7)8)34(45)40-19-14-17-27(40)32(43)39-18-13-16-26(39)24(9)41/h11-12,15,21-23,26-30H,13-14,16-20H2,1-10H3,(H,36,42)(H,37,46)/b15-11-,25-12+/t26-,27-,28?,29-,30?/m0/s1. The Balaban J connectivity index is 2.21. The second-order valence-electron chi connectivity index (χ2n) is 13.7. The molecule has 2 heterocycles. The molecule has 0 radical (unpaired) electrons. The summed E-state index contributed by atoms with van der Waals surface area (Å²) in [5.41, 5.74) is 0.803. The van der Waals surface area contributed by atoms with Crippen LogP contribution in [0.15, 0.2) is 23.8 Å². The van der Waals surface area contributed by atoms with Crippen molar-refractivity contribution in [1.82, 2.24) is 25.3 Å². The Morgan fingerprint density at radius 2 is 1.40 bits per heavy atom. The lowest BCUT2D eigenvalue weighted by Gasteiger charge is -2.38. The molecular formula is C35H57N5O7. The van der Waals surface area contributed by atoms with E-state index < -0.39 is 48.1 Å². The smallest absolute Gasteiger partial charge is 0.408 e. The van der Waals surface area contributed by atoms with E-state index in [1.807, 2.05) is 45.9 Å². The highest BCUT2D eigenvalue weighted by atomic mass is 16.5. The van der Waals surface area contributed by atoms with Crippen LogP contribution >= 0.6 is 0 Å². The summed E-state index contributed by atoms with van der Waals surface area (Å²) in [5.74, 6) is -2.54. The zero-order chi connectivity index (χ0) is 35.6. The van der Waals surface area contributed by atoms with Crippen LogP contribution in [-0.4, -0.2) is 107 Å². The number of carbonyl (C=O) groups is 6. The van der Waals surface area contributed by atoms with Crippen LogP contribution in [0.5, 0.6) is 0 Å². The van der Waals surface area contributed by atoms with Gasteiger partial charge in [-0.1, -0.05) is 59.8 Å². The first-order valence-electron chi connectivity index (χ1n) is 17.0. The number of likely N-dealkylation sites (tertiary alicyclic amines) is 2. The van der Waals surface area contributed by atoms with E-state index in [2.05, 4.69) is 10.6 Å². The fourth-order valence-electron chi connectivity index (χ4n) is 6.41. The Kier molecular flexibility index (Phi) is 15.1. The number of ether oxygens (including phenoxy) is 1. The number of alkyl carbamates (subject to hydrolysis) is 1. The van der Waals surface area contributed by atoms with Crippen molar-refractivity contribution in [2.45, 2.75) is 118 Å². The number of carbonyl (C=O) groups excluding carboxylic acids is 6. The van der Waals surface area contributed by atoms with Gasteiger partial charge >= 0.3 is 6.09 Å². The lowest BCUT2D eigenvalue weighted by atomic mass is 9.96. The number of rotatable bonds is 14. The molecule has 2 unspecified atom stereocenters. The Bertz CT molecular complexity index is 1210. The first kappa shape index (κ1) is 39.5. The van der Waals surface area contributed by atoms with Crippen molar-refractivity contribution in [2.24, 2.45) is 17.8 Å². The molecule has 0 spiro atoms. The van der Waals surface area contributed by atoms with Crippen molar-refractivity contribution >= 4 is 35.5 Å². The molecule has 2 aliphatic rings. The molecule has 2 rings (SSSR count). The fraction of sp³-hybridized carbons (Fsp3) is 0.714. The number of hydrogen-bond donors (Lipinski definition) is 2. The largest absolute Gasteiger partial charge is 0.445 e. The SMILES string of the molecule is C/C=C\C(=C/C)COC(=O)NC(C(=O)N[C@H](C(=O)N(C)C(C(=O)N1CCC[C@H]1C(=O)N1CCC[C@H]1C(C)=O)C(C)C)C(C)C)C(C)C. The van der Waals surface area contributed by atoms with Gasteiger partial charge in [0.15, 0.2) is 5.78 Å². The maximum absolute atomic E-state index is 14.1. The second-order valence-corrected chi connectivity index (χ2v) is 13.7. The van der Waals surface area contributed by atoms with Crippen LogP contribution in [-0.2, 0) is 28.7 Å². The van der Waals surface area contributed by atoms with Gasteiger partial charge in [-0.25, -0.2) is 4.79 Å². The van der Waals surface area contributed by atoms with E-state index in [-0.39, 0.29) is 42.0 Å². The zero-order valence-corrected chi connectivity index (χ0v) is 30.0. The molecule has 0 saturated carbocycles. The number of amides is 5. The molecule has 12 heteroatoms. The van der Waals surface area contributed by atoms with Crippen LogP contribution in [0.2, 0.25) is 0 Å². The van der Waals surface area contributed by atoms with Crippen molar-refractivity contribution in [2.75, 3.05) is 26.7 Å². The third-order valence-electron chi connectivity index (χ3n) is 9.05. The maximum Gasteiger partial charge on any atom is 0.408 e. The fourth-order valence-corrected chi connectivity index (χ4v) is 6.41. The number of ketones is 1. The van der Waals surface area contributed by atoms with Gasteiger partial charge in [0.05, 0.1) is 6.04 Å². The minimum atomic E-state index is -0.984. The van der Waals surface area contributed by atoms with Crippen molar-refractivity contribution in [1.29, 1.82) is 0 Å². The van der Waals surface area contributed by atoms with E-state index in [0.29, 0.717) is 32.4 Å². The second kappa shape index (κ2) is 18.0. The van der Waals surface area contributed by atoms with Crippen LogP contribution in [0.4, 0.5) is 4.79 Å². The Morgan fingerprint density at radius 3 is 1.91 bits per heavy atom. The third-order valence-corrected chi connectivity index (χ3v) is 9.05. The molecule has 0 aromatic heterocycles. The summed E-state index contributed by atoms with van der Waals surface area (Å²) in [6, 6.07) is -3.99. The van der Waals surface area contributed by atoms with E-state index in [0.717, 1.165) is 12.0 Å².